The summed E-state index contributed by atoms with van der Waals surface area (Å²) in [7, 11) is -4.05. The molecule has 34 heavy (non-hydrogen) atoms. The van der Waals surface area contributed by atoms with Gasteiger partial charge in [0, 0.05) is 16.8 Å². The van der Waals surface area contributed by atoms with Crippen LogP contribution in [-0.4, -0.2) is 31.0 Å². The first-order valence-corrected chi connectivity index (χ1v) is 12.0. The van der Waals surface area contributed by atoms with Gasteiger partial charge in [-0.3, -0.25) is 4.79 Å². The summed E-state index contributed by atoms with van der Waals surface area (Å²) in [6.45, 7) is 4.04. The van der Waals surface area contributed by atoms with Gasteiger partial charge in [0.25, 0.3) is 10.0 Å². The normalized spacial score (nSPS) is 14.6. The summed E-state index contributed by atoms with van der Waals surface area (Å²) in [5.74, 6) is -1.20. The Morgan fingerprint density at radius 1 is 0.941 bits per heavy atom. The lowest BCUT2D eigenvalue weighted by molar-refractivity contribution is 0.0696. The van der Waals surface area contributed by atoms with Crippen molar-refractivity contribution in [3.8, 4) is 0 Å². The van der Waals surface area contributed by atoms with Crippen molar-refractivity contribution in [1.82, 2.24) is 0 Å². The molecule has 0 aromatic heterocycles. The van der Waals surface area contributed by atoms with Crippen molar-refractivity contribution >= 4 is 33.2 Å². The number of allylic oxidation sites excluding steroid dienone is 2. The van der Waals surface area contributed by atoms with E-state index in [0.29, 0.717) is 16.8 Å². The molecule has 0 amide bonds. The van der Waals surface area contributed by atoms with Crippen molar-refractivity contribution < 1.29 is 23.1 Å². The van der Waals surface area contributed by atoms with Gasteiger partial charge in [0.1, 0.15) is 0 Å². The highest BCUT2D eigenvalue weighted by Gasteiger charge is 2.26. The van der Waals surface area contributed by atoms with Crippen molar-refractivity contribution in [2.24, 2.45) is 4.40 Å². The molecule has 7 nitrogen and oxygen atoms in total. The summed E-state index contributed by atoms with van der Waals surface area (Å²) < 4.78 is 30.2. The average molecular weight is 475 g/mol. The van der Waals surface area contributed by atoms with Gasteiger partial charge in [-0.05, 0) is 47.9 Å². The van der Waals surface area contributed by atoms with Crippen LogP contribution in [0.15, 0.2) is 93.9 Å². The molecule has 172 valence electrons. The van der Waals surface area contributed by atoms with Crippen LogP contribution in [-0.2, 0) is 10.0 Å². The van der Waals surface area contributed by atoms with E-state index in [4.69, 9.17) is 0 Å². The highest BCUT2D eigenvalue weighted by atomic mass is 32.2. The van der Waals surface area contributed by atoms with E-state index in [1.165, 1.54) is 30.3 Å². The van der Waals surface area contributed by atoms with Crippen LogP contribution in [0, 0.1) is 0 Å². The van der Waals surface area contributed by atoms with Gasteiger partial charge in [0.2, 0.25) is 5.78 Å². The van der Waals surface area contributed by atoms with E-state index in [0.717, 1.165) is 5.56 Å². The molecular formula is C26H22N2O5S. The molecule has 0 unspecified atom stereocenters. The second kappa shape index (κ2) is 9.07. The summed E-state index contributed by atoms with van der Waals surface area (Å²) in [4.78, 5) is 24.4. The van der Waals surface area contributed by atoms with Gasteiger partial charge in [-0.25, -0.2) is 4.79 Å². The Bertz CT molecular complexity index is 1450. The van der Waals surface area contributed by atoms with Crippen LogP contribution in [0.2, 0.25) is 0 Å². The zero-order valence-corrected chi connectivity index (χ0v) is 19.3. The minimum Gasteiger partial charge on any atom is -0.478 e. The maximum absolute atomic E-state index is 13.1. The zero-order chi connectivity index (χ0) is 24.5. The van der Waals surface area contributed by atoms with E-state index in [1.54, 1.807) is 48.5 Å². The number of rotatable bonds is 6. The lowest BCUT2D eigenvalue weighted by atomic mass is 9.92. The van der Waals surface area contributed by atoms with Crippen LogP contribution < -0.4 is 5.32 Å². The highest BCUT2D eigenvalue weighted by molar-refractivity contribution is 7.90. The standard InChI is InChI=1S/C26H22N2O5S/c1-16(2)17-10-12-20(13-11-17)34(32,33)28-23-15-24(25(29)22-9-4-3-8-21(22)23)27-19-7-5-6-18(14-19)26(30)31/h3-16,27H,1-2H3,(H,30,31)/b28-23-. The topological polar surface area (TPSA) is 113 Å². The van der Waals surface area contributed by atoms with Crippen molar-refractivity contribution in [3.63, 3.8) is 0 Å². The molecule has 3 aromatic carbocycles. The molecule has 1 aliphatic carbocycles. The van der Waals surface area contributed by atoms with Gasteiger partial charge < -0.3 is 10.4 Å². The number of anilines is 1. The largest absolute Gasteiger partial charge is 0.478 e. The van der Waals surface area contributed by atoms with Gasteiger partial charge in [0.05, 0.1) is 21.9 Å². The summed E-state index contributed by atoms with van der Waals surface area (Å²) in [5, 5.41) is 12.1. The van der Waals surface area contributed by atoms with E-state index < -0.39 is 16.0 Å². The molecule has 4 rings (SSSR count). The van der Waals surface area contributed by atoms with Gasteiger partial charge in [-0.15, -0.1) is 0 Å². The Balaban J connectivity index is 1.77. The number of Topliss-reactive ketones (excluding diaryl/α,β-unsaturated/α-hetero) is 1. The van der Waals surface area contributed by atoms with Crippen LogP contribution in [0.25, 0.3) is 0 Å². The quantitative estimate of drug-likeness (QED) is 0.527. The number of sulfonamides is 1. The molecule has 0 spiro atoms. The predicted octanol–water partition coefficient (Wildman–Crippen LogP) is 4.88. The van der Waals surface area contributed by atoms with Crippen LogP contribution in [0.5, 0.6) is 0 Å². The second-order valence-corrected chi connectivity index (χ2v) is 9.72. The van der Waals surface area contributed by atoms with Crippen molar-refractivity contribution in [1.29, 1.82) is 0 Å². The van der Waals surface area contributed by atoms with Gasteiger partial charge in [-0.2, -0.15) is 12.8 Å². The third-order valence-electron chi connectivity index (χ3n) is 5.43. The number of hydrogen-bond donors (Lipinski definition) is 2. The fourth-order valence-corrected chi connectivity index (χ4v) is 4.59. The summed E-state index contributed by atoms with van der Waals surface area (Å²) in [5.41, 5.74) is 2.34. The molecule has 3 aromatic rings. The van der Waals surface area contributed by atoms with E-state index in [-0.39, 0.29) is 33.6 Å². The maximum atomic E-state index is 13.1. The number of ketones is 1. The number of nitrogens with one attached hydrogen (secondary N) is 1. The van der Waals surface area contributed by atoms with Crippen LogP contribution >= 0.6 is 0 Å². The number of fused-ring (bicyclic) bond motifs is 1. The Hall–Kier alpha value is -4.04. The lowest BCUT2D eigenvalue weighted by Gasteiger charge is -2.19. The molecule has 1 aliphatic rings. The predicted molar refractivity (Wildman–Crippen MR) is 130 cm³/mol. The molecule has 0 fully saturated rings. The molecule has 0 heterocycles. The third kappa shape index (κ3) is 4.67. The monoisotopic (exact) mass is 474 g/mol. The summed E-state index contributed by atoms with van der Waals surface area (Å²) >= 11 is 0. The lowest BCUT2D eigenvalue weighted by Crippen LogP contribution is -2.22. The smallest absolute Gasteiger partial charge is 0.335 e. The van der Waals surface area contributed by atoms with Crippen molar-refractivity contribution in [3.05, 3.63) is 107 Å². The third-order valence-corrected chi connectivity index (χ3v) is 6.73. The number of nitrogens with zero attached hydrogens (tertiary/aromatic N) is 1. The van der Waals surface area contributed by atoms with Gasteiger partial charge in [0.15, 0.2) is 0 Å². The number of carboxylic acids is 1. The molecule has 8 heteroatoms. The van der Waals surface area contributed by atoms with E-state index in [9.17, 15) is 23.1 Å². The molecule has 0 saturated carbocycles. The van der Waals surface area contributed by atoms with E-state index in [1.807, 2.05) is 13.8 Å². The summed E-state index contributed by atoms with van der Waals surface area (Å²) in [6.07, 6.45) is 1.37. The second-order valence-electron chi connectivity index (χ2n) is 8.12. The maximum Gasteiger partial charge on any atom is 0.335 e. The fourth-order valence-electron chi connectivity index (χ4n) is 3.59. The van der Waals surface area contributed by atoms with E-state index in [2.05, 4.69) is 9.71 Å². The van der Waals surface area contributed by atoms with Gasteiger partial charge >= 0.3 is 5.97 Å². The van der Waals surface area contributed by atoms with Gasteiger partial charge in [-0.1, -0.05) is 56.3 Å². The Labute approximate surface area is 197 Å². The number of carbonyl (C=O) groups is 2. The number of carboxylic acid groups (broad SMARTS) is 1. The van der Waals surface area contributed by atoms with Crippen LogP contribution in [0.3, 0.4) is 0 Å². The first-order valence-electron chi connectivity index (χ1n) is 10.6. The zero-order valence-electron chi connectivity index (χ0n) is 18.5. The number of benzene rings is 3. The molecule has 0 aliphatic heterocycles. The van der Waals surface area contributed by atoms with E-state index >= 15 is 0 Å². The molecule has 0 saturated heterocycles. The summed E-state index contributed by atoms with van der Waals surface area (Å²) in [6, 6.07) is 19.2. The first kappa shape index (κ1) is 23.1. The number of hydrogen-bond acceptors (Lipinski definition) is 5. The Morgan fingerprint density at radius 2 is 1.62 bits per heavy atom. The Kier molecular flexibility index (Phi) is 6.17. The average Bonchev–Trinajstić information content (AvgIpc) is 2.82. The van der Waals surface area contributed by atoms with Crippen molar-refractivity contribution in [2.75, 3.05) is 5.32 Å². The number of aromatic carboxylic acids is 1. The van der Waals surface area contributed by atoms with Crippen LogP contribution in [0.4, 0.5) is 5.69 Å². The van der Waals surface area contributed by atoms with Crippen molar-refractivity contribution in [2.45, 2.75) is 24.7 Å². The molecule has 2 N–H and O–H groups in total. The highest BCUT2D eigenvalue weighted by Crippen LogP contribution is 2.26. The Morgan fingerprint density at radius 3 is 2.26 bits per heavy atom. The molecule has 0 atom stereocenters. The minimum absolute atomic E-state index is 0.0515. The molecule has 0 radical (unpaired) electrons. The minimum atomic E-state index is -4.05. The first-order chi connectivity index (χ1) is 16.2. The van der Waals surface area contributed by atoms with Crippen LogP contribution in [0.1, 0.15) is 51.6 Å². The molecular weight excluding hydrogens is 452 g/mol. The molecule has 0 bridgehead atoms. The number of carbonyl (C=O) groups excluding carboxylic acids is 1. The SMILES string of the molecule is CC(C)c1ccc(S(=O)(=O)/N=C2/C=C(Nc3cccc(C(=O)O)c3)C(=O)c3ccccc32)cc1. The fraction of sp³-hybridized carbons (Fsp3) is 0.115.